The number of anilines is 1. The van der Waals surface area contributed by atoms with Crippen molar-refractivity contribution in [3.63, 3.8) is 0 Å². The number of hydrogen-bond donors (Lipinski definition) is 1. The molecule has 0 unspecified atom stereocenters. The number of benzene rings is 1. The van der Waals surface area contributed by atoms with E-state index in [-0.39, 0.29) is 0 Å². The summed E-state index contributed by atoms with van der Waals surface area (Å²) in [4.78, 5) is 0. The van der Waals surface area contributed by atoms with E-state index in [0.29, 0.717) is 17.9 Å². The highest BCUT2D eigenvalue weighted by Crippen LogP contribution is 2.22. The van der Waals surface area contributed by atoms with E-state index in [1.54, 1.807) is 19.2 Å². The number of nitriles is 1. The van der Waals surface area contributed by atoms with Crippen LogP contribution in [-0.4, -0.2) is 11.7 Å². The Kier molecular flexibility index (Phi) is 3.01. The molecule has 0 bridgehead atoms. The van der Waals surface area contributed by atoms with Crippen LogP contribution in [-0.2, 0) is 6.54 Å². The Morgan fingerprint density at radius 3 is 2.94 bits per heavy atom. The van der Waals surface area contributed by atoms with Crippen molar-refractivity contribution in [2.45, 2.75) is 6.54 Å². The maximum Gasteiger partial charge on any atom is 0.125 e. The van der Waals surface area contributed by atoms with Gasteiger partial charge in [0.25, 0.3) is 0 Å². The van der Waals surface area contributed by atoms with Gasteiger partial charge in [-0.15, -0.1) is 0 Å². The van der Waals surface area contributed by atoms with E-state index >= 15 is 0 Å². The molecular formula is C13H13N3O. The molecule has 1 aromatic carbocycles. The summed E-state index contributed by atoms with van der Waals surface area (Å²) >= 11 is 0. The molecule has 2 aromatic rings. The first-order chi connectivity index (χ1) is 8.24. The molecule has 0 radical (unpaired) electrons. The number of ether oxygens (including phenoxy) is 1. The van der Waals surface area contributed by atoms with Crippen LogP contribution in [0.3, 0.4) is 0 Å². The van der Waals surface area contributed by atoms with Gasteiger partial charge < -0.3 is 15.0 Å². The van der Waals surface area contributed by atoms with Crippen molar-refractivity contribution < 1.29 is 4.74 Å². The SMILES string of the molecule is COc1cc(N)ccc1Cn1cccc1C#N. The van der Waals surface area contributed by atoms with Crippen LogP contribution < -0.4 is 10.5 Å². The predicted octanol–water partition coefficient (Wildman–Crippen LogP) is 2.00. The molecule has 86 valence electrons. The molecule has 0 fully saturated rings. The first kappa shape index (κ1) is 11.1. The monoisotopic (exact) mass is 227 g/mol. The minimum Gasteiger partial charge on any atom is -0.496 e. The molecule has 0 aliphatic heterocycles. The van der Waals surface area contributed by atoms with Crippen molar-refractivity contribution in [2.75, 3.05) is 12.8 Å². The van der Waals surface area contributed by atoms with Gasteiger partial charge in [0.2, 0.25) is 0 Å². The summed E-state index contributed by atoms with van der Waals surface area (Å²) in [6.45, 7) is 0.597. The molecule has 0 aliphatic rings. The molecule has 0 spiro atoms. The maximum absolute atomic E-state index is 8.93. The number of nitrogen functional groups attached to an aromatic ring is 1. The fourth-order valence-corrected chi connectivity index (χ4v) is 1.73. The van der Waals surface area contributed by atoms with E-state index in [1.165, 1.54) is 0 Å². The van der Waals surface area contributed by atoms with Gasteiger partial charge in [0.1, 0.15) is 17.5 Å². The molecule has 1 heterocycles. The Hall–Kier alpha value is -2.41. The lowest BCUT2D eigenvalue weighted by molar-refractivity contribution is 0.408. The van der Waals surface area contributed by atoms with E-state index in [4.69, 9.17) is 15.7 Å². The number of aromatic nitrogens is 1. The van der Waals surface area contributed by atoms with Gasteiger partial charge in [0, 0.05) is 23.5 Å². The Labute approximate surface area is 99.8 Å². The average Bonchev–Trinajstić information content (AvgIpc) is 2.78. The molecule has 0 saturated carbocycles. The Balaban J connectivity index is 2.33. The number of nitrogens with two attached hydrogens (primary N) is 1. The standard InChI is InChI=1S/C13H13N3O/c1-17-13-7-11(15)5-4-10(13)9-16-6-2-3-12(16)8-14/h2-7H,9,15H2,1H3. The Morgan fingerprint density at radius 1 is 1.41 bits per heavy atom. The van der Waals surface area contributed by atoms with Gasteiger partial charge in [-0.1, -0.05) is 6.07 Å². The first-order valence-electron chi connectivity index (χ1n) is 5.22. The highest BCUT2D eigenvalue weighted by atomic mass is 16.5. The predicted molar refractivity (Wildman–Crippen MR) is 65.7 cm³/mol. The van der Waals surface area contributed by atoms with Gasteiger partial charge in [-0.05, 0) is 18.2 Å². The van der Waals surface area contributed by atoms with Crippen LogP contribution in [0.4, 0.5) is 5.69 Å². The number of methoxy groups -OCH3 is 1. The highest BCUT2D eigenvalue weighted by Gasteiger charge is 2.06. The lowest BCUT2D eigenvalue weighted by Gasteiger charge is -2.10. The molecule has 0 atom stereocenters. The zero-order valence-electron chi connectivity index (χ0n) is 9.55. The first-order valence-corrected chi connectivity index (χ1v) is 5.22. The Morgan fingerprint density at radius 2 is 2.24 bits per heavy atom. The summed E-state index contributed by atoms with van der Waals surface area (Å²) in [6.07, 6.45) is 1.87. The summed E-state index contributed by atoms with van der Waals surface area (Å²) in [5, 5.41) is 8.93. The van der Waals surface area contributed by atoms with Gasteiger partial charge in [-0.3, -0.25) is 0 Å². The van der Waals surface area contributed by atoms with Crippen LogP contribution in [0.5, 0.6) is 5.75 Å². The van der Waals surface area contributed by atoms with Crippen molar-refractivity contribution in [1.82, 2.24) is 4.57 Å². The van der Waals surface area contributed by atoms with Crippen molar-refractivity contribution >= 4 is 5.69 Å². The van der Waals surface area contributed by atoms with Crippen LogP contribution in [0, 0.1) is 11.3 Å². The quantitative estimate of drug-likeness (QED) is 0.815. The summed E-state index contributed by atoms with van der Waals surface area (Å²) in [6, 6.07) is 11.3. The molecule has 17 heavy (non-hydrogen) atoms. The third kappa shape index (κ3) is 2.23. The lowest BCUT2D eigenvalue weighted by atomic mass is 10.2. The molecular weight excluding hydrogens is 214 g/mol. The van der Waals surface area contributed by atoms with Crippen LogP contribution in [0.1, 0.15) is 11.3 Å². The third-order valence-electron chi connectivity index (χ3n) is 2.60. The maximum atomic E-state index is 8.93. The number of hydrogen-bond acceptors (Lipinski definition) is 3. The average molecular weight is 227 g/mol. The minimum atomic E-state index is 0.597. The minimum absolute atomic E-state index is 0.597. The van der Waals surface area contributed by atoms with Crippen LogP contribution in [0.15, 0.2) is 36.5 Å². The van der Waals surface area contributed by atoms with Gasteiger partial charge in [-0.2, -0.15) is 5.26 Å². The second-order valence-corrected chi connectivity index (χ2v) is 3.70. The van der Waals surface area contributed by atoms with E-state index in [2.05, 4.69) is 6.07 Å². The van der Waals surface area contributed by atoms with Gasteiger partial charge in [-0.25, -0.2) is 0 Å². The van der Waals surface area contributed by atoms with Crippen molar-refractivity contribution in [1.29, 1.82) is 5.26 Å². The van der Waals surface area contributed by atoms with Gasteiger partial charge in [0.15, 0.2) is 0 Å². The third-order valence-corrected chi connectivity index (χ3v) is 2.60. The highest BCUT2D eigenvalue weighted by molar-refractivity contribution is 5.48. The second-order valence-electron chi connectivity index (χ2n) is 3.70. The molecule has 2 rings (SSSR count). The fourth-order valence-electron chi connectivity index (χ4n) is 1.73. The second kappa shape index (κ2) is 4.62. The van der Waals surface area contributed by atoms with E-state index < -0.39 is 0 Å². The lowest BCUT2D eigenvalue weighted by Crippen LogP contribution is -2.03. The number of nitrogens with zero attached hydrogens (tertiary/aromatic N) is 2. The molecule has 0 saturated heterocycles. The molecule has 4 nitrogen and oxygen atoms in total. The normalized spacial score (nSPS) is 9.88. The molecule has 0 aliphatic carbocycles. The summed E-state index contributed by atoms with van der Waals surface area (Å²) < 4.78 is 7.14. The van der Waals surface area contributed by atoms with Gasteiger partial charge in [0.05, 0.1) is 13.7 Å². The van der Waals surface area contributed by atoms with Crippen LogP contribution in [0.2, 0.25) is 0 Å². The smallest absolute Gasteiger partial charge is 0.125 e. The van der Waals surface area contributed by atoms with Crippen molar-refractivity contribution in [3.05, 3.63) is 47.8 Å². The fraction of sp³-hybridized carbons (Fsp3) is 0.154. The summed E-state index contributed by atoms with van der Waals surface area (Å²) in [5.41, 5.74) is 7.98. The molecule has 1 aromatic heterocycles. The number of rotatable bonds is 3. The largest absolute Gasteiger partial charge is 0.496 e. The molecule has 0 amide bonds. The summed E-state index contributed by atoms with van der Waals surface area (Å²) in [5.74, 6) is 0.739. The topological polar surface area (TPSA) is 64.0 Å². The molecule has 4 heteroatoms. The van der Waals surface area contributed by atoms with Crippen LogP contribution in [0.25, 0.3) is 0 Å². The van der Waals surface area contributed by atoms with E-state index in [9.17, 15) is 0 Å². The summed E-state index contributed by atoms with van der Waals surface area (Å²) in [7, 11) is 1.61. The zero-order chi connectivity index (χ0) is 12.3. The Bertz CT molecular complexity index is 566. The van der Waals surface area contributed by atoms with E-state index in [0.717, 1.165) is 11.3 Å². The molecule has 2 N–H and O–H groups in total. The van der Waals surface area contributed by atoms with Crippen molar-refractivity contribution in [3.8, 4) is 11.8 Å². The van der Waals surface area contributed by atoms with Gasteiger partial charge >= 0.3 is 0 Å². The zero-order valence-corrected chi connectivity index (χ0v) is 9.55. The van der Waals surface area contributed by atoms with E-state index in [1.807, 2.05) is 29.0 Å². The van der Waals surface area contributed by atoms with Crippen molar-refractivity contribution in [2.24, 2.45) is 0 Å². The van der Waals surface area contributed by atoms with Crippen LogP contribution >= 0.6 is 0 Å².